The van der Waals surface area contributed by atoms with Gasteiger partial charge in [-0.2, -0.15) is 5.26 Å². The van der Waals surface area contributed by atoms with E-state index in [1.165, 1.54) is 12.1 Å². The third kappa shape index (κ3) is 5.65. The van der Waals surface area contributed by atoms with Crippen LogP contribution in [0.3, 0.4) is 0 Å². The molecule has 0 heterocycles. The molecule has 2 rings (SSSR count). The average Bonchev–Trinajstić information content (AvgIpc) is 2.67. The van der Waals surface area contributed by atoms with Gasteiger partial charge in [-0.3, -0.25) is 10.1 Å². The molecule has 3 N–H and O–H groups in total. The zero-order valence-electron chi connectivity index (χ0n) is 14.1. The molecule has 0 aliphatic carbocycles. The highest BCUT2D eigenvalue weighted by Crippen LogP contribution is 2.27. The number of nitrogens with zero attached hydrogens (tertiary/aromatic N) is 2. The van der Waals surface area contributed by atoms with Crippen molar-refractivity contribution in [3.05, 3.63) is 58.1 Å². The molecule has 0 saturated heterocycles. The number of nitriles is 1. The molecule has 2 aromatic rings. The summed E-state index contributed by atoms with van der Waals surface area (Å²) in [6.45, 7) is 1.35. The Morgan fingerprint density at radius 2 is 1.85 bits per heavy atom. The predicted octanol–water partition coefficient (Wildman–Crippen LogP) is 2.75. The molecule has 0 bridgehead atoms. The van der Waals surface area contributed by atoms with Gasteiger partial charge in [-0.15, -0.1) is 0 Å². The molecule has 0 aromatic heterocycles. The number of hydrogen-bond donors (Lipinski definition) is 3. The summed E-state index contributed by atoms with van der Waals surface area (Å²) in [5, 5.41) is 34.8. The van der Waals surface area contributed by atoms with Gasteiger partial charge in [0.1, 0.15) is 5.75 Å². The first kappa shape index (κ1) is 19.0. The maximum Gasteiger partial charge on any atom is 0.271 e. The molecule has 0 saturated carbocycles. The fourth-order valence-corrected chi connectivity index (χ4v) is 2.25. The number of nitro groups is 1. The number of anilines is 2. The molecule has 0 amide bonds. The van der Waals surface area contributed by atoms with Crippen LogP contribution in [0.2, 0.25) is 0 Å². The summed E-state index contributed by atoms with van der Waals surface area (Å²) in [4.78, 5) is 10.5. The number of nitrogens with one attached hydrogen (secondary N) is 2. The molecule has 2 aromatic carbocycles. The van der Waals surface area contributed by atoms with E-state index in [0.29, 0.717) is 48.8 Å². The van der Waals surface area contributed by atoms with Crippen LogP contribution in [0, 0.1) is 21.4 Å². The lowest BCUT2D eigenvalue weighted by atomic mass is 10.2. The van der Waals surface area contributed by atoms with Crippen molar-refractivity contribution in [3.63, 3.8) is 0 Å². The Hall–Kier alpha value is -3.31. The van der Waals surface area contributed by atoms with Crippen molar-refractivity contribution in [2.45, 2.75) is 6.42 Å². The first-order chi connectivity index (χ1) is 12.6. The molecule has 136 valence electrons. The number of aliphatic hydroxyl groups is 1. The molecule has 0 radical (unpaired) electrons. The number of rotatable bonds is 10. The lowest BCUT2D eigenvalue weighted by Gasteiger charge is -2.13. The van der Waals surface area contributed by atoms with Crippen molar-refractivity contribution < 1.29 is 14.8 Å². The molecule has 0 aliphatic heterocycles. The van der Waals surface area contributed by atoms with E-state index in [2.05, 4.69) is 10.6 Å². The summed E-state index contributed by atoms with van der Waals surface area (Å²) in [6, 6.07) is 13.4. The third-order valence-corrected chi connectivity index (χ3v) is 3.53. The molecule has 0 unspecified atom stereocenters. The fraction of sp³-hybridized carbons (Fsp3) is 0.278. The minimum atomic E-state index is -0.449. The fourth-order valence-electron chi connectivity index (χ4n) is 2.25. The summed E-state index contributed by atoms with van der Waals surface area (Å²) in [5.74, 6) is 0.685. The number of ether oxygens (including phenoxy) is 1. The largest absolute Gasteiger partial charge is 0.494 e. The van der Waals surface area contributed by atoms with Crippen LogP contribution in [0.15, 0.2) is 42.5 Å². The highest BCUT2D eigenvalue weighted by Gasteiger charge is 2.10. The molecule has 26 heavy (non-hydrogen) atoms. The van der Waals surface area contributed by atoms with Crippen LogP contribution in [-0.2, 0) is 0 Å². The molecule has 0 atom stereocenters. The van der Waals surface area contributed by atoms with Crippen LogP contribution < -0.4 is 15.4 Å². The van der Waals surface area contributed by atoms with Crippen molar-refractivity contribution in [3.8, 4) is 11.8 Å². The highest BCUT2D eigenvalue weighted by atomic mass is 16.6. The van der Waals surface area contributed by atoms with Gasteiger partial charge in [0.2, 0.25) is 0 Å². The molecule has 8 nitrogen and oxygen atoms in total. The number of nitro benzene ring substituents is 1. The van der Waals surface area contributed by atoms with Crippen LogP contribution in [0.1, 0.15) is 12.0 Å². The normalized spacial score (nSPS) is 10.0. The third-order valence-electron chi connectivity index (χ3n) is 3.53. The minimum absolute atomic E-state index is 0.00381. The smallest absolute Gasteiger partial charge is 0.271 e. The van der Waals surface area contributed by atoms with Crippen molar-refractivity contribution in [2.24, 2.45) is 0 Å². The lowest BCUT2D eigenvalue weighted by molar-refractivity contribution is -0.384. The second-order valence-electron chi connectivity index (χ2n) is 5.40. The minimum Gasteiger partial charge on any atom is -0.494 e. The van der Waals surface area contributed by atoms with Gasteiger partial charge in [0, 0.05) is 25.2 Å². The van der Waals surface area contributed by atoms with E-state index in [1.54, 1.807) is 30.3 Å². The molecular weight excluding hydrogens is 336 g/mol. The Morgan fingerprint density at radius 3 is 2.50 bits per heavy atom. The standard InChI is InChI=1S/C18H20N4O4/c19-13-14-2-5-16(6-3-14)26-11-1-8-20-18-12-15(22(24)25)4-7-17(18)21-9-10-23/h2-7,12,20-21,23H,1,8-11H2. The van der Waals surface area contributed by atoms with Crippen LogP contribution in [0.25, 0.3) is 0 Å². The number of benzene rings is 2. The second kappa shape index (κ2) is 9.86. The number of hydrogen-bond acceptors (Lipinski definition) is 7. The van der Waals surface area contributed by atoms with E-state index in [9.17, 15) is 10.1 Å². The summed E-state index contributed by atoms with van der Waals surface area (Å²) >= 11 is 0. The Kier molecular flexibility index (Phi) is 7.21. The van der Waals surface area contributed by atoms with Crippen molar-refractivity contribution >= 4 is 17.1 Å². The Balaban J connectivity index is 1.85. The highest BCUT2D eigenvalue weighted by molar-refractivity contribution is 5.71. The van der Waals surface area contributed by atoms with E-state index in [0.717, 1.165) is 0 Å². The van der Waals surface area contributed by atoms with Gasteiger partial charge in [0.15, 0.2) is 0 Å². The van der Waals surface area contributed by atoms with Crippen LogP contribution in [-0.4, -0.2) is 36.3 Å². The Bertz CT molecular complexity index is 772. The monoisotopic (exact) mass is 356 g/mol. The van der Waals surface area contributed by atoms with Gasteiger partial charge < -0.3 is 20.5 Å². The predicted molar refractivity (Wildman–Crippen MR) is 98.4 cm³/mol. The first-order valence-corrected chi connectivity index (χ1v) is 8.14. The summed E-state index contributed by atoms with van der Waals surface area (Å²) < 4.78 is 5.59. The van der Waals surface area contributed by atoms with Gasteiger partial charge in [-0.05, 0) is 36.8 Å². The van der Waals surface area contributed by atoms with Gasteiger partial charge in [-0.25, -0.2) is 0 Å². The summed E-state index contributed by atoms with van der Waals surface area (Å²) in [5.41, 5.74) is 1.87. The zero-order chi connectivity index (χ0) is 18.8. The first-order valence-electron chi connectivity index (χ1n) is 8.14. The van der Waals surface area contributed by atoms with Crippen LogP contribution >= 0.6 is 0 Å². The molecule has 0 fully saturated rings. The van der Waals surface area contributed by atoms with Crippen LogP contribution in [0.4, 0.5) is 17.1 Å². The summed E-state index contributed by atoms with van der Waals surface area (Å²) in [7, 11) is 0. The maximum atomic E-state index is 10.9. The molecule has 0 spiro atoms. The Labute approximate surface area is 151 Å². The number of non-ortho nitro benzene ring substituents is 1. The van der Waals surface area contributed by atoms with Gasteiger partial charge in [-0.1, -0.05) is 0 Å². The van der Waals surface area contributed by atoms with E-state index in [-0.39, 0.29) is 12.3 Å². The van der Waals surface area contributed by atoms with E-state index >= 15 is 0 Å². The van der Waals surface area contributed by atoms with E-state index < -0.39 is 4.92 Å². The summed E-state index contributed by atoms with van der Waals surface area (Å²) in [6.07, 6.45) is 0.683. The van der Waals surface area contributed by atoms with Crippen molar-refractivity contribution in [1.29, 1.82) is 5.26 Å². The molecule has 8 heteroatoms. The van der Waals surface area contributed by atoms with Crippen molar-refractivity contribution in [1.82, 2.24) is 0 Å². The van der Waals surface area contributed by atoms with Gasteiger partial charge >= 0.3 is 0 Å². The van der Waals surface area contributed by atoms with Gasteiger partial charge in [0.05, 0.1) is 41.1 Å². The topological polar surface area (TPSA) is 120 Å². The SMILES string of the molecule is N#Cc1ccc(OCCCNc2cc([N+](=O)[O-])ccc2NCCO)cc1. The average molecular weight is 356 g/mol. The maximum absolute atomic E-state index is 10.9. The van der Waals surface area contributed by atoms with E-state index in [4.69, 9.17) is 15.1 Å². The van der Waals surface area contributed by atoms with Gasteiger partial charge in [0.25, 0.3) is 5.69 Å². The molecule has 0 aliphatic rings. The second-order valence-corrected chi connectivity index (χ2v) is 5.40. The zero-order valence-corrected chi connectivity index (χ0v) is 14.1. The van der Waals surface area contributed by atoms with Crippen molar-refractivity contribution in [2.75, 3.05) is 36.9 Å². The van der Waals surface area contributed by atoms with Crippen LogP contribution in [0.5, 0.6) is 5.75 Å². The lowest BCUT2D eigenvalue weighted by Crippen LogP contribution is -2.11. The van der Waals surface area contributed by atoms with E-state index in [1.807, 2.05) is 6.07 Å². The quantitative estimate of drug-likeness (QED) is 0.340. The molecular formula is C18H20N4O4. The number of aliphatic hydroxyl groups excluding tert-OH is 1. The Morgan fingerprint density at radius 1 is 1.12 bits per heavy atom.